The summed E-state index contributed by atoms with van der Waals surface area (Å²) in [7, 11) is 0. The van der Waals surface area contributed by atoms with Crippen LogP contribution < -0.4 is 0 Å². The van der Waals surface area contributed by atoms with E-state index in [1.54, 1.807) is 18.2 Å². The number of fused-ring (bicyclic) bond motifs is 1. The SMILES string of the molecule is O=C(O)CN1C(=O)/C(=C/c2ccc(F)c(Br)c2)c2ccccc2C1=O. The lowest BCUT2D eigenvalue weighted by Crippen LogP contribution is -2.44. The second kappa shape index (κ2) is 6.60. The molecule has 0 atom stereocenters. The maximum Gasteiger partial charge on any atom is 0.323 e. The van der Waals surface area contributed by atoms with Gasteiger partial charge in [0.15, 0.2) is 0 Å². The van der Waals surface area contributed by atoms with E-state index in [9.17, 15) is 18.8 Å². The monoisotopic (exact) mass is 403 g/mol. The fourth-order valence-corrected chi connectivity index (χ4v) is 2.99. The summed E-state index contributed by atoms with van der Waals surface area (Å²) in [5.41, 5.74) is 1.38. The minimum absolute atomic E-state index is 0.176. The van der Waals surface area contributed by atoms with Gasteiger partial charge < -0.3 is 5.11 Å². The number of nitrogens with zero attached hydrogens (tertiary/aromatic N) is 1. The summed E-state index contributed by atoms with van der Waals surface area (Å²) in [5.74, 6) is -3.09. The molecule has 0 saturated heterocycles. The first kappa shape index (κ1) is 17.0. The number of carbonyl (C=O) groups excluding carboxylic acids is 2. The molecule has 1 N–H and O–H groups in total. The number of benzene rings is 2. The van der Waals surface area contributed by atoms with Crippen molar-refractivity contribution in [2.24, 2.45) is 0 Å². The summed E-state index contributed by atoms with van der Waals surface area (Å²) < 4.78 is 13.6. The second-order valence-corrected chi connectivity index (χ2v) is 6.22. The number of amides is 2. The molecule has 0 radical (unpaired) electrons. The lowest BCUT2D eigenvalue weighted by atomic mass is 9.92. The second-order valence-electron chi connectivity index (χ2n) is 5.37. The summed E-state index contributed by atoms with van der Waals surface area (Å²) >= 11 is 3.08. The van der Waals surface area contributed by atoms with Crippen LogP contribution in [0, 0.1) is 5.82 Å². The molecule has 0 unspecified atom stereocenters. The molecule has 1 heterocycles. The highest BCUT2D eigenvalue weighted by Gasteiger charge is 2.35. The minimum Gasteiger partial charge on any atom is -0.480 e. The highest BCUT2D eigenvalue weighted by Crippen LogP contribution is 2.31. The molecule has 25 heavy (non-hydrogen) atoms. The molecule has 0 bridgehead atoms. The van der Waals surface area contributed by atoms with E-state index in [1.807, 2.05) is 0 Å². The van der Waals surface area contributed by atoms with Crippen LogP contribution in [0.5, 0.6) is 0 Å². The molecule has 7 heteroatoms. The predicted molar refractivity (Wildman–Crippen MR) is 92.1 cm³/mol. The fraction of sp³-hybridized carbons (Fsp3) is 0.0556. The van der Waals surface area contributed by atoms with E-state index in [4.69, 9.17) is 5.11 Å². The Morgan fingerprint density at radius 2 is 1.80 bits per heavy atom. The van der Waals surface area contributed by atoms with Gasteiger partial charge in [0.1, 0.15) is 12.4 Å². The molecule has 0 saturated carbocycles. The van der Waals surface area contributed by atoms with Crippen molar-refractivity contribution in [3.8, 4) is 0 Å². The van der Waals surface area contributed by atoms with Crippen molar-refractivity contribution in [1.29, 1.82) is 0 Å². The lowest BCUT2D eigenvalue weighted by molar-refractivity contribution is -0.141. The number of carboxylic acids is 1. The van der Waals surface area contributed by atoms with Gasteiger partial charge in [-0.05, 0) is 51.3 Å². The van der Waals surface area contributed by atoms with Gasteiger partial charge in [-0.15, -0.1) is 0 Å². The average Bonchev–Trinajstić information content (AvgIpc) is 2.58. The Labute approximate surface area is 150 Å². The van der Waals surface area contributed by atoms with Crippen LogP contribution in [-0.4, -0.2) is 34.3 Å². The van der Waals surface area contributed by atoms with Crippen molar-refractivity contribution >= 4 is 45.4 Å². The van der Waals surface area contributed by atoms with Crippen molar-refractivity contribution in [2.75, 3.05) is 6.54 Å². The largest absolute Gasteiger partial charge is 0.480 e. The highest BCUT2D eigenvalue weighted by atomic mass is 79.9. The summed E-state index contributed by atoms with van der Waals surface area (Å²) in [6, 6.07) is 10.7. The van der Waals surface area contributed by atoms with Crippen LogP contribution in [0.3, 0.4) is 0 Å². The van der Waals surface area contributed by atoms with E-state index in [2.05, 4.69) is 15.9 Å². The van der Waals surface area contributed by atoms with Crippen LogP contribution in [-0.2, 0) is 9.59 Å². The van der Waals surface area contributed by atoms with Crippen molar-refractivity contribution in [1.82, 2.24) is 4.90 Å². The van der Waals surface area contributed by atoms with Crippen molar-refractivity contribution < 1.29 is 23.9 Å². The molecule has 0 fully saturated rings. The first-order valence-corrected chi connectivity index (χ1v) is 8.02. The summed E-state index contributed by atoms with van der Waals surface area (Å²) in [6.07, 6.45) is 1.51. The molecule has 0 spiro atoms. The third-order valence-electron chi connectivity index (χ3n) is 3.72. The first-order valence-electron chi connectivity index (χ1n) is 7.22. The zero-order valence-corrected chi connectivity index (χ0v) is 14.3. The number of imide groups is 1. The smallest absolute Gasteiger partial charge is 0.323 e. The predicted octanol–water partition coefficient (Wildman–Crippen LogP) is 3.20. The Kier molecular flexibility index (Phi) is 4.50. The van der Waals surface area contributed by atoms with E-state index >= 15 is 0 Å². The molecule has 2 amide bonds. The van der Waals surface area contributed by atoms with Gasteiger partial charge >= 0.3 is 5.97 Å². The van der Waals surface area contributed by atoms with Gasteiger partial charge in [0, 0.05) is 11.1 Å². The molecule has 3 rings (SSSR count). The normalized spacial score (nSPS) is 15.4. The first-order chi connectivity index (χ1) is 11.9. The van der Waals surface area contributed by atoms with Gasteiger partial charge in [-0.2, -0.15) is 0 Å². The Bertz CT molecular complexity index is 938. The molecular weight excluding hydrogens is 393 g/mol. The number of carboxylic acid groups (broad SMARTS) is 1. The number of rotatable bonds is 3. The standard InChI is InChI=1S/C18H11BrFNO4/c19-14-8-10(5-6-15(14)20)7-13-11-3-1-2-4-12(11)17(24)21(18(13)25)9-16(22)23/h1-8H,9H2,(H,22,23)/b13-7+. The van der Waals surface area contributed by atoms with Gasteiger partial charge in [0.05, 0.1) is 4.47 Å². The van der Waals surface area contributed by atoms with Gasteiger partial charge in [0.25, 0.3) is 11.8 Å². The molecular formula is C18H11BrFNO4. The van der Waals surface area contributed by atoms with E-state index in [0.717, 1.165) is 0 Å². The molecule has 1 aliphatic heterocycles. The van der Waals surface area contributed by atoms with Crippen LogP contribution in [0.4, 0.5) is 4.39 Å². The van der Waals surface area contributed by atoms with Crippen LogP contribution in [0.1, 0.15) is 21.5 Å². The lowest BCUT2D eigenvalue weighted by Gasteiger charge is -2.27. The summed E-state index contributed by atoms with van der Waals surface area (Å²) in [5, 5.41) is 8.98. The van der Waals surface area contributed by atoms with Gasteiger partial charge in [-0.3, -0.25) is 19.3 Å². The number of hydrogen-bond acceptors (Lipinski definition) is 3. The average molecular weight is 404 g/mol. The quantitative estimate of drug-likeness (QED) is 0.630. The number of hydrogen-bond donors (Lipinski definition) is 1. The third kappa shape index (κ3) is 3.23. The molecule has 5 nitrogen and oxygen atoms in total. The van der Waals surface area contributed by atoms with E-state index in [1.165, 1.54) is 30.3 Å². The van der Waals surface area contributed by atoms with Crippen molar-refractivity contribution in [3.05, 3.63) is 69.4 Å². The Hall–Kier alpha value is -2.80. The van der Waals surface area contributed by atoms with Crippen LogP contribution >= 0.6 is 15.9 Å². The zero-order chi connectivity index (χ0) is 18.1. The molecule has 0 aromatic heterocycles. The number of carbonyl (C=O) groups is 3. The molecule has 0 aliphatic carbocycles. The Balaban J connectivity index is 2.16. The fourth-order valence-electron chi connectivity index (χ4n) is 2.59. The third-order valence-corrected chi connectivity index (χ3v) is 4.32. The molecule has 1 aliphatic rings. The number of aliphatic carboxylic acids is 1. The van der Waals surface area contributed by atoms with E-state index in [0.29, 0.717) is 16.0 Å². The Morgan fingerprint density at radius 1 is 1.12 bits per heavy atom. The Morgan fingerprint density at radius 3 is 2.44 bits per heavy atom. The zero-order valence-electron chi connectivity index (χ0n) is 12.7. The van der Waals surface area contributed by atoms with Crippen LogP contribution in [0.15, 0.2) is 46.9 Å². The number of halogens is 2. The topological polar surface area (TPSA) is 74.7 Å². The maximum absolute atomic E-state index is 13.4. The van der Waals surface area contributed by atoms with Crippen LogP contribution in [0.2, 0.25) is 0 Å². The molecule has 2 aromatic carbocycles. The summed E-state index contributed by atoms with van der Waals surface area (Å²) in [6.45, 7) is -0.726. The minimum atomic E-state index is -1.29. The maximum atomic E-state index is 13.4. The van der Waals surface area contributed by atoms with Crippen molar-refractivity contribution in [3.63, 3.8) is 0 Å². The summed E-state index contributed by atoms with van der Waals surface area (Å²) in [4.78, 5) is 36.8. The van der Waals surface area contributed by atoms with Gasteiger partial charge in [0.2, 0.25) is 0 Å². The highest BCUT2D eigenvalue weighted by molar-refractivity contribution is 9.10. The van der Waals surface area contributed by atoms with Crippen molar-refractivity contribution in [2.45, 2.75) is 0 Å². The van der Waals surface area contributed by atoms with Gasteiger partial charge in [-0.1, -0.05) is 24.3 Å². The van der Waals surface area contributed by atoms with E-state index < -0.39 is 30.1 Å². The van der Waals surface area contributed by atoms with Gasteiger partial charge in [-0.25, -0.2) is 4.39 Å². The van der Waals surface area contributed by atoms with E-state index in [-0.39, 0.29) is 15.6 Å². The molecule has 126 valence electrons. The van der Waals surface area contributed by atoms with Crippen LogP contribution in [0.25, 0.3) is 11.6 Å². The molecule has 2 aromatic rings.